The van der Waals surface area contributed by atoms with Crippen LogP contribution in [0.25, 0.3) is 0 Å². The first-order valence-electron chi connectivity index (χ1n) is 1.41. The van der Waals surface area contributed by atoms with Crippen molar-refractivity contribution < 1.29 is 32.7 Å². The van der Waals surface area contributed by atoms with Gasteiger partial charge in [-0.05, 0) is 0 Å². The molecule has 2 heteroatoms. The van der Waals surface area contributed by atoms with Crippen molar-refractivity contribution in [1.29, 1.82) is 0 Å². The third-order valence-electron chi connectivity index (χ3n) is 0. The van der Waals surface area contributed by atoms with Crippen LogP contribution >= 0.6 is 0 Å². The first-order valence-corrected chi connectivity index (χ1v) is 1.41. The molecule has 6 heavy (non-hydrogen) atoms. The Labute approximate surface area is 68.5 Å². The van der Waals surface area contributed by atoms with Gasteiger partial charge in [-0.3, -0.25) is 0 Å². The van der Waals surface area contributed by atoms with Gasteiger partial charge in [0.25, 0.3) is 0 Å². The molecule has 4 radical (unpaired) electrons. The summed E-state index contributed by atoms with van der Waals surface area (Å²) in [5.74, 6) is 0. The summed E-state index contributed by atoms with van der Waals surface area (Å²) < 4.78 is 0. The molecule has 0 N–H and O–H groups in total. The van der Waals surface area contributed by atoms with Gasteiger partial charge in [0.2, 0.25) is 0 Å². The maximum Gasteiger partial charge on any atom is 0 e. The zero-order valence-corrected chi connectivity index (χ0v) is 7.41. The molecular weight excluding hydrogens is 148 g/mol. The molecule has 0 atom stereocenters. The quantitative estimate of drug-likeness (QED) is 0.368. The van der Waals surface area contributed by atoms with E-state index in [9.17, 15) is 0 Å². The molecule has 0 unspecified atom stereocenters. The number of hydrogen-bond donors (Lipinski definition) is 0. The van der Waals surface area contributed by atoms with Crippen LogP contribution in [0.4, 0.5) is 0 Å². The predicted octanol–water partition coefficient (Wildman–Crippen LogP) is 1.30. The van der Waals surface area contributed by atoms with Gasteiger partial charge in [-0.15, -0.1) is 0 Å². The van der Waals surface area contributed by atoms with Crippen LogP contribution in [0.2, 0.25) is 0 Å². The first kappa shape index (κ1) is 27.2. The van der Waals surface area contributed by atoms with E-state index in [4.69, 9.17) is 0 Å². The molecular formula is C4H10BY-2. The molecule has 0 saturated carbocycles. The van der Waals surface area contributed by atoms with Gasteiger partial charge in [-0.1, -0.05) is 0 Å². The van der Waals surface area contributed by atoms with Gasteiger partial charge in [0.05, 0.1) is 0 Å². The van der Waals surface area contributed by atoms with Gasteiger partial charge >= 0.3 is 0 Å². The van der Waals surface area contributed by atoms with Crippen LogP contribution in [0.3, 0.4) is 0 Å². The van der Waals surface area contributed by atoms with Crippen LogP contribution in [0, 0.1) is 13.8 Å². The van der Waals surface area contributed by atoms with Gasteiger partial charge < -0.3 is 13.8 Å². The van der Waals surface area contributed by atoms with E-state index < -0.39 is 0 Å². The molecule has 0 aliphatic carbocycles. The van der Waals surface area contributed by atoms with Crippen LogP contribution in [0.1, 0.15) is 13.8 Å². The Balaban J connectivity index is -0.00000000500. The zero-order chi connectivity index (χ0) is 4.00. The molecule has 0 aromatic rings. The van der Waals surface area contributed by atoms with Crippen molar-refractivity contribution in [1.82, 2.24) is 0 Å². The summed E-state index contributed by atoms with van der Waals surface area (Å²) in [7, 11) is 0. The second-order valence-electron chi connectivity index (χ2n) is 0. The van der Waals surface area contributed by atoms with Crippen LogP contribution in [0.15, 0.2) is 0 Å². The van der Waals surface area contributed by atoms with Gasteiger partial charge in [-0.25, -0.2) is 0 Å². The van der Waals surface area contributed by atoms with Gasteiger partial charge in [0, 0.05) is 41.1 Å². The normalized spacial score (nSPS) is 2.00. The van der Waals surface area contributed by atoms with Crippen molar-refractivity contribution in [3.63, 3.8) is 0 Å². The minimum atomic E-state index is 0. The Morgan fingerprint density at radius 3 is 0.833 bits per heavy atom. The summed E-state index contributed by atoms with van der Waals surface area (Å²) in [6.07, 6.45) is 0. The average Bonchev–Trinajstić information content (AvgIpc) is 1.50. The van der Waals surface area contributed by atoms with Gasteiger partial charge in [0.15, 0.2) is 0 Å². The molecule has 0 aromatic heterocycles. The molecule has 0 aromatic carbocycles. The van der Waals surface area contributed by atoms with Crippen molar-refractivity contribution in [3.8, 4) is 0 Å². The summed E-state index contributed by atoms with van der Waals surface area (Å²) >= 11 is 0. The number of rotatable bonds is 0. The molecule has 34 valence electrons. The molecule has 0 amide bonds. The van der Waals surface area contributed by atoms with E-state index in [-0.39, 0.29) is 41.1 Å². The third kappa shape index (κ3) is 65.8. The van der Waals surface area contributed by atoms with E-state index in [1.54, 1.807) is 13.8 Å². The molecule has 0 spiro atoms. The Morgan fingerprint density at radius 1 is 0.833 bits per heavy atom. The van der Waals surface area contributed by atoms with E-state index in [0.29, 0.717) is 0 Å². The van der Waals surface area contributed by atoms with E-state index >= 15 is 0 Å². The standard InChI is InChI=1S/2C2H5.B.Y/c2*1-2;;/h2*1H2,2H3;;/q2*-1;;. The Bertz CT molecular complexity index is 7.51. The van der Waals surface area contributed by atoms with E-state index in [1.165, 1.54) is 0 Å². The van der Waals surface area contributed by atoms with Crippen LogP contribution in [0.5, 0.6) is 0 Å². The second kappa shape index (κ2) is 121. The largest absolute Gasteiger partial charge is 0.346 e. The first-order chi connectivity index (χ1) is 2.00. The van der Waals surface area contributed by atoms with Gasteiger partial charge in [-0.2, -0.15) is 13.8 Å². The fourth-order valence-corrected chi connectivity index (χ4v) is 0. The fourth-order valence-electron chi connectivity index (χ4n) is 0. The van der Waals surface area contributed by atoms with E-state index in [1.807, 2.05) is 0 Å². The van der Waals surface area contributed by atoms with Gasteiger partial charge in [0.1, 0.15) is 0 Å². The minimum absolute atomic E-state index is 0. The smallest absolute Gasteiger partial charge is 0 e. The maximum atomic E-state index is 3.25. The van der Waals surface area contributed by atoms with E-state index in [2.05, 4.69) is 13.8 Å². The molecule has 0 aliphatic rings. The molecule has 0 heterocycles. The summed E-state index contributed by atoms with van der Waals surface area (Å²) in [6, 6.07) is 0. The van der Waals surface area contributed by atoms with Crippen LogP contribution in [-0.4, -0.2) is 8.41 Å². The zero-order valence-electron chi connectivity index (χ0n) is 4.57. The summed E-state index contributed by atoms with van der Waals surface area (Å²) in [6.45, 7) is 10.0. The molecule has 0 bridgehead atoms. The Morgan fingerprint density at radius 2 is 0.833 bits per heavy atom. The van der Waals surface area contributed by atoms with Crippen LogP contribution < -0.4 is 0 Å². The Hall–Kier alpha value is 1.17. The van der Waals surface area contributed by atoms with Crippen LogP contribution in [-0.2, 0) is 32.7 Å². The van der Waals surface area contributed by atoms with Crippen molar-refractivity contribution in [3.05, 3.63) is 13.8 Å². The minimum Gasteiger partial charge on any atom is -0.346 e. The second-order valence-corrected chi connectivity index (χ2v) is 0. The molecule has 0 rings (SSSR count). The van der Waals surface area contributed by atoms with Crippen molar-refractivity contribution in [2.45, 2.75) is 13.8 Å². The SMILES string of the molecule is [B].[CH2-]C.[CH2-]C.[Y]. The summed E-state index contributed by atoms with van der Waals surface area (Å²) in [5.41, 5.74) is 0. The monoisotopic (exact) mass is 158 g/mol. The number of hydrogen-bond acceptors (Lipinski definition) is 0. The molecule has 0 fully saturated rings. The summed E-state index contributed by atoms with van der Waals surface area (Å²) in [4.78, 5) is 0. The topological polar surface area (TPSA) is 0 Å². The van der Waals surface area contributed by atoms with E-state index in [0.717, 1.165) is 0 Å². The maximum absolute atomic E-state index is 3.25. The Kier molecular flexibility index (Phi) is 546. The fraction of sp³-hybridized carbons (Fsp3) is 0.500. The molecule has 0 aliphatic heterocycles. The summed E-state index contributed by atoms with van der Waals surface area (Å²) in [5, 5.41) is 0. The van der Waals surface area contributed by atoms with Crippen molar-refractivity contribution in [2.75, 3.05) is 0 Å². The third-order valence-corrected chi connectivity index (χ3v) is 0. The molecule has 0 saturated heterocycles. The molecule has 0 nitrogen and oxygen atoms in total. The average molecular weight is 158 g/mol. The van der Waals surface area contributed by atoms with Crippen molar-refractivity contribution in [2.24, 2.45) is 0 Å². The van der Waals surface area contributed by atoms with Crippen molar-refractivity contribution >= 4 is 8.41 Å². The predicted molar refractivity (Wildman–Crippen MR) is 27.8 cm³/mol.